The lowest BCUT2D eigenvalue weighted by Gasteiger charge is -2.07. The molecule has 0 fully saturated rings. The zero-order valence-corrected chi connectivity index (χ0v) is 11.2. The van der Waals surface area contributed by atoms with Gasteiger partial charge in [-0.15, -0.1) is 0 Å². The molecular weight excluding hydrogens is 291 g/mol. The van der Waals surface area contributed by atoms with Gasteiger partial charge in [-0.1, -0.05) is 0 Å². The van der Waals surface area contributed by atoms with Gasteiger partial charge in [-0.25, -0.2) is 9.97 Å². The zero-order valence-electron chi connectivity index (χ0n) is 10.4. The summed E-state index contributed by atoms with van der Waals surface area (Å²) in [6, 6.07) is 2.15. The molecule has 0 bridgehead atoms. The van der Waals surface area contributed by atoms with E-state index in [9.17, 15) is 18.0 Å². The summed E-state index contributed by atoms with van der Waals surface area (Å²) < 4.78 is 38.6. The molecule has 0 N–H and O–H groups in total. The van der Waals surface area contributed by atoms with Crippen molar-refractivity contribution in [2.45, 2.75) is 29.7 Å². The monoisotopic (exact) mass is 301 g/mol. The van der Waals surface area contributed by atoms with Gasteiger partial charge in [0.15, 0.2) is 5.03 Å². The molecule has 0 saturated carbocycles. The van der Waals surface area contributed by atoms with E-state index in [2.05, 4.69) is 9.97 Å². The molecule has 2 heterocycles. The van der Waals surface area contributed by atoms with Crippen LogP contribution in [0.2, 0.25) is 0 Å². The summed E-state index contributed by atoms with van der Waals surface area (Å²) in [6.45, 7) is 2.31. The van der Waals surface area contributed by atoms with Crippen molar-refractivity contribution in [3.05, 3.63) is 46.6 Å². The molecule has 2 aromatic rings. The van der Waals surface area contributed by atoms with E-state index in [-0.39, 0.29) is 15.6 Å². The molecule has 20 heavy (non-hydrogen) atoms. The quantitative estimate of drug-likeness (QED) is 0.874. The third-order valence-corrected chi connectivity index (χ3v) is 3.41. The average molecular weight is 301 g/mol. The molecule has 2 rings (SSSR count). The maximum absolute atomic E-state index is 12.4. The second kappa shape index (κ2) is 5.66. The summed E-state index contributed by atoms with van der Waals surface area (Å²) in [5.74, 6) is 0. The van der Waals surface area contributed by atoms with Crippen LogP contribution >= 0.6 is 11.8 Å². The molecule has 0 aliphatic carbocycles. The fourth-order valence-corrected chi connectivity index (χ4v) is 2.21. The Balaban J connectivity index is 2.25. The second-order valence-corrected chi connectivity index (χ2v) is 4.82. The van der Waals surface area contributed by atoms with Gasteiger partial charge in [0.2, 0.25) is 0 Å². The van der Waals surface area contributed by atoms with Crippen molar-refractivity contribution < 1.29 is 13.2 Å². The molecule has 2 aromatic heterocycles. The smallest absolute Gasteiger partial charge is 0.312 e. The molecule has 0 unspecified atom stereocenters. The Kier molecular flexibility index (Phi) is 4.12. The minimum Gasteiger partial charge on any atom is -0.312 e. The first-order valence-electron chi connectivity index (χ1n) is 5.68. The molecule has 0 aromatic carbocycles. The van der Waals surface area contributed by atoms with E-state index < -0.39 is 11.7 Å². The molecule has 0 saturated heterocycles. The SMILES string of the molecule is CCn1ccnc(Sc2ccc(C(F)(F)F)cn2)c1=O. The number of halogens is 3. The van der Waals surface area contributed by atoms with E-state index >= 15 is 0 Å². The Hall–Kier alpha value is -1.83. The van der Waals surface area contributed by atoms with Crippen molar-refractivity contribution in [1.29, 1.82) is 0 Å². The Bertz CT molecular complexity index is 652. The van der Waals surface area contributed by atoms with Crippen molar-refractivity contribution in [3.8, 4) is 0 Å². The predicted octanol–water partition coefficient (Wildman–Crippen LogP) is 2.83. The topological polar surface area (TPSA) is 47.8 Å². The molecule has 0 spiro atoms. The second-order valence-electron chi connectivity index (χ2n) is 3.81. The van der Waals surface area contributed by atoms with Crippen LogP contribution in [0.3, 0.4) is 0 Å². The summed E-state index contributed by atoms with van der Waals surface area (Å²) in [7, 11) is 0. The number of rotatable bonds is 3. The summed E-state index contributed by atoms with van der Waals surface area (Å²) in [6.07, 6.45) is -0.663. The minimum atomic E-state index is -4.42. The number of aromatic nitrogens is 3. The first kappa shape index (κ1) is 14.6. The van der Waals surface area contributed by atoms with E-state index in [0.717, 1.165) is 24.0 Å². The largest absolute Gasteiger partial charge is 0.417 e. The van der Waals surface area contributed by atoms with E-state index in [1.54, 1.807) is 6.20 Å². The lowest BCUT2D eigenvalue weighted by atomic mass is 10.3. The van der Waals surface area contributed by atoms with E-state index in [1.807, 2.05) is 6.92 Å². The molecule has 0 radical (unpaired) electrons. The average Bonchev–Trinajstić information content (AvgIpc) is 2.41. The van der Waals surface area contributed by atoms with Gasteiger partial charge in [0.25, 0.3) is 5.56 Å². The Morgan fingerprint density at radius 3 is 2.60 bits per heavy atom. The van der Waals surface area contributed by atoms with Crippen LogP contribution in [-0.2, 0) is 12.7 Å². The highest BCUT2D eigenvalue weighted by atomic mass is 32.2. The number of hydrogen-bond acceptors (Lipinski definition) is 4. The normalized spacial score (nSPS) is 11.6. The molecule has 0 aliphatic rings. The highest BCUT2D eigenvalue weighted by Crippen LogP contribution is 2.30. The number of nitrogens with zero attached hydrogens (tertiary/aromatic N) is 3. The predicted molar refractivity (Wildman–Crippen MR) is 67.5 cm³/mol. The van der Waals surface area contributed by atoms with Gasteiger partial charge in [-0.05, 0) is 30.8 Å². The lowest BCUT2D eigenvalue weighted by molar-refractivity contribution is -0.137. The van der Waals surface area contributed by atoms with Crippen molar-refractivity contribution in [3.63, 3.8) is 0 Å². The molecule has 0 atom stereocenters. The highest BCUT2D eigenvalue weighted by Gasteiger charge is 2.30. The van der Waals surface area contributed by atoms with Gasteiger partial charge in [-0.2, -0.15) is 13.2 Å². The standard InChI is InChI=1S/C12H10F3N3OS/c1-2-18-6-5-16-10(11(18)19)20-9-4-3-8(7-17-9)12(13,14)15/h3-7H,2H2,1H3. The van der Waals surface area contributed by atoms with E-state index in [1.165, 1.54) is 16.8 Å². The maximum Gasteiger partial charge on any atom is 0.417 e. The summed E-state index contributed by atoms with van der Waals surface area (Å²) >= 11 is 0.940. The number of aryl methyl sites for hydroxylation is 1. The highest BCUT2D eigenvalue weighted by molar-refractivity contribution is 7.99. The first-order chi connectivity index (χ1) is 9.41. The summed E-state index contributed by atoms with van der Waals surface area (Å²) in [5, 5.41) is 0.470. The Morgan fingerprint density at radius 2 is 2.05 bits per heavy atom. The fraction of sp³-hybridized carbons (Fsp3) is 0.250. The van der Waals surface area contributed by atoms with Crippen LogP contribution in [0, 0.1) is 0 Å². The van der Waals surface area contributed by atoms with Crippen molar-refractivity contribution in [2.75, 3.05) is 0 Å². The third-order valence-electron chi connectivity index (χ3n) is 2.49. The van der Waals surface area contributed by atoms with E-state index in [4.69, 9.17) is 0 Å². The molecule has 0 aliphatic heterocycles. The van der Waals surface area contributed by atoms with Crippen LogP contribution in [0.25, 0.3) is 0 Å². The van der Waals surface area contributed by atoms with Crippen LogP contribution in [0.15, 0.2) is 45.6 Å². The molecule has 106 valence electrons. The van der Waals surface area contributed by atoms with Crippen LogP contribution in [0.5, 0.6) is 0 Å². The van der Waals surface area contributed by atoms with Gasteiger partial charge in [0.05, 0.1) is 5.56 Å². The maximum atomic E-state index is 12.4. The number of pyridine rings is 1. The van der Waals surface area contributed by atoms with Gasteiger partial charge < -0.3 is 4.57 Å². The number of alkyl halides is 3. The first-order valence-corrected chi connectivity index (χ1v) is 6.50. The van der Waals surface area contributed by atoms with Crippen molar-refractivity contribution in [1.82, 2.24) is 14.5 Å². The van der Waals surface area contributed by atoms with Crippen LogP contribution in [0.1, 0.15) is 12.5 Å². The van der Waals surface area contributed by atoms with Gasteiger partial charge in [-0.3, -0.25) is 4.79 Å². The van der Waals surface area contributed by atoms with Gasteiger partial charge in [0, 0.05) is 25.1 Å². The number of hydrogen-bond donors (Lipinski definition) is 0. The van der Waals surface area contributed by atoms with E-state index in [0.29, 0.717) is 6.54 Å². The molecule has 4 nitrogen and oxygen atoms in total. The molecular formula is C12H10F3N3OS. The van der Waals surface area contributed by atoms with Crippen LogP contribution in [-0.4, -0.2) is 14.5 Å². The minimum absolute atomic E-state index is 0.182. The fourth-order valence-electron chi connectivity index (χ4n) is 1.45. The molecule has 0 amide bonds. The van der Waals surface area contributed by atoms with Gasteiger partial charge in [0.1, 0.15) is 5.03 Å². The van der Waals surface area contributed by atoms with Crippen LogP contribution < -0.4 is 5.56 Å². The van der Waals surface area contributed by atoms with Crippen LogP contribution in [0.4, 0.5) is 13.2 Å². The Morgan fingerprint density at radius 1 is 1.30 bits per heavy atom. The zero-order chi connectivity index (χ0) is 14.8. The third kappa shape index (κ3) is 3.19. The lowest BCUT2D eigenvalue weighted by Crippen LogP contribution is -2.20. The summed E-state index contributed by atoms with van der Waals surface area (Å²) in [5.41, 5.74) is -1.12. The molecule has 8 heteroatoms. The Labute approximate surface area is 116 Å². The van der Waals surface area contributed by atoms with Crippen molar-refractivity contribution in [2.24, 2.45) is 0 Å². The summed E-state index contributed by atoms with van der Waals surface area (Å²) in [4.78, 5) is 19.5. The van der Waals surface area contributed by atoms with Gasteiger partial charge >= 0.3 is 6.18 Å². The van der Waals surface area contributed by atoms with Crippen molar-refractivity contribution >= 4 is 11.8 Å².